The molecule has 154 valence electrons. The topological polar surface area (TPSA) is 103 Å². The summed E-state index contributed by atoms with van der Waals surface area (Å²) in [6.45, 7) is 2.13. The highest BCUT2D eigenvalue weighted by molar-refractivity contribution is 7.47. The summed E-state index contributed by atoms with van der Waals surface area (Å²) in [5, 5.41) is 2.65. The van der Waals surface area contributed by atoms with Crippen LogP contribution in [0.3, 0.4) is 0 Å². The third kappa shape index (κ3) is 10.2. The monoisotopic (exact) mass is 403 g/mol. The van der Waals surface area contributed by atoms with E-state index in [1.807, 2.05) is 0 Å². The molecule has 1 unspecified atom stereocenters. The van der Waals surface area contributed by atoms with E-state index in [4.69, 9.17) is 18.5 Å². The van der Waals surface area contributed by atoms with Crippen molar-refractivity contribution in [1.82, 2.24) is 5.32 Å². The number of hydrogen-bond donors (Lipinski definition) is 2. The van der Waals surface area contributed by atoms with Gasteiger partial charge < -0.3 is 19.3 Å². The smallest absolute Gasteiger partial charge is 0.496 e. The summed E-state index contributed by atoms with van der Waals surface area (Å²) >= 11 is 0. The average molecular weight is 403 g/mol. The Morgan fingerprint density at radius 3 is 2.22 bits per heavy atom. The van der Waals surface area contributed by atoms with Crippen molar-refractivity contribution in [3.8, 4) is 17.2 Å². The lowest BCUT2D eigenvalue weighted by molar-refractivity contribution is -0.121. The molecule has 0 radical (unpaired) electrons. The average Bonchev–Trinajstić information content (AvgIpc) is 2.64. The second-order valence-corrected chi connectivity index (χ2v) is 7.33. The fourth-order valence-corrected chi connectivity index (χ4v) is 3.07. The normalized spacial score (nSPS) is 12.9. The molecule has 1 rings (SSSR count). The molecule has 0 fully saturated rings. The van der Waals surface area contributed by atoms with Crippen molar-refractivity contribution in [2.45, 2.75) is 45.4 Å². The first kappa shape index (κ1) is 23.3. The Morgan fingerprint density at radius 1 is 1.04 bits per heavy atom. The molecular weight excluding hydrogens is 373 g/mol. The predicted molar refractivity (Wildman–Crippen MR) is 102 cm³/mol. The van der Waals surface area contributed by atoms with Gasteiger partial charge in [0.25, 0.3) is 0 Å². The van der Waals surface area contributed by atoms with Crippen molar-refractivity contribution in [3.05, 3.63) is 18.2 Å². The highest BCUT2D eigenvalue weighted by Crippen LogP contribution is 2.45. The van der Waals surface area contributed by atoms with Crippen LogP contribution in [0.1, 0.15) is 45.4 Å². The van der Waals surface area contributed by atoms with E-state index in [9.17, 15) is 14.3 Å². The molecule has 2 N–H and O–H groups in total. The van der Waals surface area contributed by atoms with Crippen molar-refractivity contribution in [2.75, 3.05) is 27.4 Å². The first-order valence-electron chi connectivity index (χ1n) is 9.07. The minimum atomic E-state index is -4.33. The van der Waals surface area contributed by atoms with Crippen LogP contribution in [0.25, 0.3) is 0 Å². The zero-order valence-corrected chi connectivity index (χ0v) is 17.1. The Hall–Kier alpha value is -1.76. The standard InChI is InChI=1S/C18H30NO7P/c1-4-5-6-7-8-9-18(20)19-10-11-25-27(21,22)26-17-13-15(23-2)12-16(14-17)24-3/h12-14H,4-11H2,1-3H3,(H,19,20)(H,21,22). The number of unbranched alkanes of at least 4 members (excludes halogenated alkanes) is 4. The molecule has 27 heavy (non-hydrogen) atoms. The zero-order chi connectivity index (χ0) is 20.1. The number of carbonyl (C=O) groups is 1. The molecule has 0 heterocycles. The van der Waals surface area contributed by atoms with Crippen LogP contribution < -0.4 is 19.3 Å². The first-order chi connectivity index (χ1) is 12.9. The van der Waals surface area contributed by atoms with Crippen molar-refractivity contribution < 1.29 is 32.8 Å². The van der Waals surface area contributed by atoms with Gasteiger partial charge in [-0.05, 0) is 6.42 Å². The summed E-state index contributed by atoms with van der Waals surface area (Å²) in [6, 6.07) is 4.48. The van der Waals surface area contributed by atoms with E-state index in [0.29, 0.717) is 17.9 Å². The van der Waals surface area contributed by atoms with Crippen LogP contribution in [-0.2, 0) is 13.9 Å². The highest BCUT2D eigenvalue weighted by Gasteiger charge is 2.23. The number of carbonyl (C=O) groups excluding carboxylic acids is 1. The minimum absolute atomic E-state index is 0.0770. The van der Waals surface area contributed by atoms with Crippen molar-refractivity contribution >= 4 is 13.7 Å². The van der Waals surface area contributed by atoms with Crippen LogP contribution in [0.2, 0.25) is 0 Å². The predicted octanol–water partition coefficient (Wildman–Crippen LogP) is 3.68. The fourth-order valence-electron chi connectivity index (χ4n) is 2.32. The zero-order valence-electron chi connectivity index (χ0n) is 16.2. The van der Waals surface area contributed by atoms with Gasteiger partial charge in [-0.15, -0.1) is 0 Å². The number of nitrogens with one attached hydrogen (secondary N) is 1. The minimum Gasteiger partial charge on any atom is -0.496 e. The summed E-state index contributed by atoms with van der Waals surface area (Å²) in [4.78, 5) is 21.5. The maximum Gasteiger partial charge on any atom is 0.527 e. The lowest BCUT2D eigenvalue weighted by Crippen LogP contribution is -2.26. The molecule has 1 aromatic rings. The second-order valence-electron chi connectivity index (χ2n) is 5.96. The van der Waals surface area contributed by atoms with Gasteiger partial charge >= 0.3 is 7.82 Å². The van der Waals surface area contributed by atoms with E-state index in [1.54, 1.807) is 6.07 Å². The Bertz CT molecular complexity index is 601. The maximum absolute atomic E-state index is 12.0. The van der Waals surface area contributed by atoms with Crippen LogP contribution in [0, 0.1) is 0 Å². The highest BCUT2D eigenvalue weighted by atomic mass is 31.2. The molecule has 0 saturated carbocycles. The molecule has 0 aromatic heterocycles. The molecule has 0 saturated heterocycles. The Labute approximate surface area is 160 Å². The van der Waals surface area contributed by atoms with Gasteiger partial charge in [-0.2, -0.15) is 0 Å². The molecule has 1 amide bonds. The van der Waals surface area contributed by atoms with Gasteiger partial charge in [-0.1, -0.05) is 32.6 Å². The van der Waals surface area contributed by atoms with Gasteiger partial charge in [0.1, 0.15) is 17.2 Å². The molecule has 0 aliphatic rings. The van der Waals surface area contributed by atoms with Crippen LogP contribution in [0.5, 0.6) is 17.2 Å². The summed E-state index contributed by atoms with van der Waals surface area (Å²) < 4.78 is 32.1. The summed E-state index contributed by atoms with van der Waals surface area (Å²) in [5.41, 5.74) is 0. The van der Waals surface area contributed by atoms with E-state index >= 15 is 0 Å². The number of rotatable bonds is 14. The molecule has 1 atom stereocenters. The number of benzene rings is 1. The number of amides is 1. The number of phosphoric acid groups is 1. The fraction of sp³-hybridized carbons (Fsp3) is 0.611. The van der Waals surface area contributed by atoms with Gasteiger partial charge in [0.05, 0.1) is 20.8 Å². The van der Waals surface area contributed by atoms with E-state index in [-0.39, 0.29) is 24.8 Å². The van der Waals surface area contributed by atoms with Gasteiger partial charge in [0.15, 0.2) is 0 Å². The van der Waals surface area contributed by atoms with Gasteiger partial charge in [0, 0.05) is 31.2 Å². The van der Waals surface area contributed by atoms with Gasteiger partial charge in [0.2, 0.25) is 5.91 Å². The molecule has 0 aliphatic heterocycles. The molecule has 0 aliphatic carbocycles. The van der Waals surface area contributed by atoms with Crippen molar-refractivity contribution in [3.63, 3.8) is 0 Å². The number of methoxy groups -OCH3 is 2. The SMILES string of the molecule is CCCCCCCC(=O)NCCOP(=O)(O)Oc1cc(OC)cc(OC)c1. The van der Waals surface area contributed by atoms with E-state index in [1.165, 1.54) is 32.8 Å². The largest absolute Gasteiger partial charge is 0.527 e. The molecular formula is C18H30NO7P. The number of phosphoric ester groups is 1. The summed E-state index contributed by atoms with van der Waals surface area (Å²) in [7, 11) is -1.41. The maximum atomic E-state index is 12.0. The van der Waals surface area contributed by atoms with Crippen LogP contribution in [0.4, 0.5) is 0 Å². The lowest BCUT2D eigenvalue weighted by atomic mass is 10.1. The Morgan fingerprint density at radius 2 is 1.63 bits per heavy atom. The Kier molecular flexibility index (Phi) is 10.9. The summed E-state index contributed by atoms with van der Waals surface area (Å²) in [6.07, 6.45) is 5.79. The molecule has 1 aromatic carbocycles. The van der Waals surface area contributed by atoms with Gasteiger partial charge in [-0.3, -0.25) is 14.2 Å². The quantitative estimate of drug-likeness (QED) is 0.361. The first-order valence-corrected chi connectivity index (χ1v) is 10.6. The molecule has 8 nitrogen and oxygen atoms in total. The number of hydrogen-bond acceptors (Lipinski definition) is 6. The third-order valence-corrected chi connectivity index (χ3v) is 4.68. The summed E-state index contributed by atoms with van der Waals surface area (Å²) in [5.74, 6) is 0.806. The van der Waals surface area contributed by atoms with Crippen LogP contribution in [0.15, 0.2) is 18.2 Å². The molecule has 0 spiro atoms. The van der Waals surface area contributed by atoms with E-state index < -0.39 is 7.82 Å². The number of ether oxygens (including phenoxy) is 2. The van der Waals surface area contributed by atoms with E-state index in [2.05, 4.69) is 12.2 Å². The Balaban J connectivity index is 2.33. The lowest BCUT2D eigenvalue weighted by Gasteiger charge is -2.15. The molecule has 0 bridgehead atoms. The van der Waals surface area contributed by atoms with Crippen molar-refractivity contribution in [1.29, 1.82) is 0 Å². The van der Waals surface area contributed by atoms with Gasteiger partial charge in [-0.25, -0.2) is 4.57 Å². The van der Waals surface area contributed by atoms with Crippen molar-refractivity contribution in [2.24, 2.45) is 0 Å². The third-order valence-electron chi connectivity index (χ3n) is 3.73. The van der Waals surface area contributed by atoms with Crippen LogP contribution >= 0.6 is 7.82 Å². The molecule has 9 heteroatoms. The second kappa shape index (κ2) is 12.6. The van der Waals surface area contributed by atoms with Crippen LogP contribution in [-0.4, -0.2) is 38.2 Å². The van der Waals surface area contributed by atoms with E-state index in [0.717, 1.165) is 25.7 Å².